The lowest BCUT2D eigenvalue weighted by atomic mass is 10.00. The third kappa shape index (κ3) is 5.07. The van der Waals surface area contributed by atoms with Crippen LogP contribution in [0.5, 0.6) is 11.5 Å². The molecule has 1 atom stereocenters. The van der Waals surface area contributed by atoms with Gasteiger partial charge in [0.25, 0.3) is 5.91 Å². The van der Waals surface area contributed by atoms with Crippen molar-refractivity contribution in [3.63, 3.8) is 0 Å². The van der Waals surface area contributed by atoms with Crippen LogP contribution in [0.4, 0.5) is 0 Å². The fourth-order valence-electron chi connectivity index (χ4n) is 4.05. The highest BCUT2D eigenvalue weighted by Gasteiger charge is 2.34. The van der Waals surface area contributed by atoms with Gasteiger partial charge in [0.2, 0.25) is 5.91 Å². The maximum Gasteiger partial charge on any atom is 0.264 e. The first-order valence-corrected chi connectivity index (χ1v) is 12.7. The van der Waals surface area contributed by atoms with Gasteiger partial charge in [-0.15, -0.1) is 22.7 Å². The lowest BCUT2D eigenvalue weighted by Crippen LogP contribution is -2.49. The Morgan fingerprint density at radius 2 is 1.88 bits per heavy atom. The summed E-state index contributed by atoms with van der Waals surface area (Å²) in [6.45, 7) is 4.84. The maximum atomic E-state index is 13.5. The van der Waals surface area contributed by atoms with E-state index < -0.39 is 0 Å². The molecule has 33 heavy (non-hydrogen) atoms. The largest absolute Gasteiger partial charge is 0.493 e. The molecule has 6 nitrogen and oxygen atoms in total. The van der Waals surface area contributed by atoms with E-state index in [0.717, 1.165) is 12.0 Å². The van der Waals surface area contributed by atoms with Crippen LogP contribution in [0.15, 0.2) is 53.2 Å². The van der Waals surface area contributed by atoms with Crippen LogP contribution >= 0.6 is 22.7 Å². The van der Waals surface area contributed by atoms with Gasteiger partial charge in [0.15, 0.2) is 11.5 Å². The van der Waals surface area contributed by atoms with E-state index in [4.69, 9.17) is 9.47 Å². The summed E-state index contributed by atoms with van der Waals surface area (Å²) in [6, 6.07) is 12.9. The molecular formula is C25H28N2O4S2. The van der Waals surface area contributed by atoms with Crippen LogP contribution in [0, 0.1) is 0 Å². The van der Waals surface area contributed by atoms with E-state index in [1.807, 2.05) is 54.5 Å². The molecule has 1 aliphatic rings. The molecule has 1 aromatic carbocycles. The summed E-state index contributed by atoms with van der Waals surface area (Å²) >= 11 is 3.11. The number of benzene rings is 1. The maximum absolute atomic E-state index is 13.5. The van der Waals surface area contributed by atoms with Crippen LogP contribution in [0.3, 0.4) is 0 Å². The molecule has 0 saturated carbocycles. The molecule has 174 valence electrons. The number of para-hydroxylation sites is 2. The van der Waals surface area contributed by atoms with Crippen LogP contribution < -0.4 is 9.47 Å². The number of carbonyl (C=O) groups excluding carboxylic acids is 2. The number of hydrogen-bond acceptors (Lipinski definition) is 6. The molecule has 2 aromatic heterocycles. The van der Waals surface area contributed by atoms with Gasteiger partial charge in [-0.25, -0.2) is 0 Å². The molecule has 4 rings (SSSR count). The van der Waals surface area contributed by atoms with E-state index in [1.54, 1.807) is 29.4 Å². The van der Waals surface area contributed by atoms with Gasteiger partial charge in [-0.05, 0) is 60.9 Å². The highest BCUT2D eigenvalue weighted by Crippen LogP contribution is 2.35. The van der Waals surface area contributed by atoms with Crippen LogP contribution in [0.1, 0.15) is 40.0 Å². The van der Waals surface area contributed by atoms with Gasteiger partial charge in [-0.3, -0.25) is 9.59 Å². The number of carbonyl (C=O) groups is 2. The lowest BCUT2D eigenvalue weighted by Gasteiger charge is -2.37. The molecule has 1 aliphatic heterocycles. The molecular weight excluding hydrogens is 456 g/mol. The molecule has 0 unspecified atom stereocenters. The summed E-state index contributed by atoms with van der Waals surface area (Å²) in [6.07, 6.45) is 0.810. The quantitative estimate of drug-likeness (QED) is 0.458. The molecule has 3 aromatic rings. The Bertz CT molecular complexity index is 1090. The number of nitrogens with zero attached hydrogens (tertiary/aromatic N) is 2. The molecule has 0 aliphatic carbocycles. The van der Waals surface area contributed by atoms with E-state index in [9.17, 15) is 9.59 Å². The van der Waals surface area contributed by atoms with Crippen LogP contribution in [-0.4, -0.2) is 54.5 Å². The molecule has 0 radical (unpaired) electrons. The molecule has 0 N–H and O–H groups in total. The third-order valence-electron chi connectivity index (χ3n) is 5.80. The topological polar surface area (TPSA) is 59.1 Å². The second kappa shape index (κ2) is 10.4. The first kappa shape index (κ1) is 23.3. The first-order valence-electron chi connectivity index (χ1n) is 11.0. The average Bonchev–Trinajstić information content (AvgIpc) is 3.52. The van der Waals surface area contributed by atoms with Crippen molar-refractivity contribution >= 4 is 34.5 Å². The average molecular weight is 485 g/mol. The Hall–Kier alpha value is -2.84. The highest BCUT2D eigenvalue weighted by atomic mass is 32.1. The number of amides is 2. The monoisotopic (exact) mass is 484 g/mol. The van der Waals surface area contributed by atoms with Gasteiger partial charge in [0.05, 0.1) is 18.0 Å². The summed E-state index contributed by atoms with van der Waals surface area (Å²) in [5.41, 5.74) is 1.12. The lowest BCUT2D eigenvalue weighted by molar-refractivity contribution is -0.136. The number of rotatable bonds is 8. The normalized spacial score (nSPS) is 15.3. The molecule has 8 heteroatoms. The van der Waals surface area contributed by atoms with E-state index >= 15 is 0 Å². The predicted molar refractivity (Wildman–Crippen MR) is 131 cm³/mol. The third-order valence-corrected chi connectivity index (χ3v) is 7.66. The Labute approximate surface area is 202 Å². The summed E-state index contributed by atoms with van der Waals surface area (Å²) in [5.74, 6) is 1.12. The highest BCUT2D eigenvalue weighted by molar-refractivity contribution is 7.12. The van der Waals surface area contributed by atoms with Crippen LogP contribution in [-0.2, 0) is 11.2 Å². The molecule has 2 amide bonds. The van der Waals surface area contributed by atoms with Gasteiger partial charge in [0.1, 0.15) is 13.2 Å². The molecule has 0 bridgehead atoms. The minimum atomic E-state index is -0.219. The van der Waals surface area contributed by atoms with Crippen molar-refractivity contribution in [2.45, 2.75) is 32.4 Å². The summed E-state index contributed by atoms with van der Waals surface area (Å²) in [5, 5.41) is 3.94. The zero-order chi connectivity index (χ0) is 23.4. The molecule has 0 fully saturated rings. The fraction of sp³-hybridized carbons (Fsp3) is 0.360. The van der Waals surface area contributed by atoms with Gasteiger partial charge < -0.3 is 19.3 Å². The Kier molecular flexibility index (Phi) is 7.35. The Morgan fingerprint density at radius 1 is 1.09 bits per heavy atom. The van der Waals surface area contributed by atoms with E-state index in [2.05, 4.69) is 11.4 Å². The van der Waals surface area contributed by atoms with Crippen molar-refractivity contribution in [3.05, 3.63) is 68.5 Å². The van der Waals surface area contributed by atoms with Crippen molar-refractivity contribution in [2.75, 3.05) is 26.8 Å². The SMILES string of the molecule is COc1ccccc1OC[C@H]1c2ccsc2CCN1C(=O)CN(C(=O)c1cccs1)C(C)C. The number of thiophene rings is 2. The summed E-state index contributed by atoms with van der Waals surface area (Å²) in [7, 11) is 1.61. The van der Waals surface area contributed by atoms with Gasteiger partial charge in [-0.1, -0.05) is 18.2 Å². The predicted octanol–water partition coefficient (Wildman–Crippen LogP) is 4.87. The zero-order valence-corrected chi connectivity index (χ0v) is 20.7. The second-order valence-corrected chi connectivity index (χ2v) is 10.1. The minimum absolute atomic E-state index is 0.0407. The number of hydrogen-bond donors (Lipinski definition) is 0. The summed E-state index contributed by atoms with van der Waals surface area (Å²) in [4.78, 5) is 32.0. The van der Waals surface area contributed by atoms with Gasteiger partial charge in [0, 0.05) is 17.5 Å². The van der Waals surface area contributed by atoms with Crippen molar-refractivity contribution in [3.8, 4) is 11.5 Å². The number of fused-ring (bicyclic) bond motifs is 1. The van der Waals surface area contributed by atoms with E-state index in [1.165, 1.54) is 16.2 Å². The van der Waals surface area contributed by atoms with E-state index in [0.29, 0.717) is 29.5 Å². The summed E-state index contributed by atoms with van der Waals surface area (Å²) < 4.78 is 11.5. The van der Waals surface area contributed by atoms with Crippen molar-refractivity contribution in [1.82, 2.24) is 9.80 Å². The van der Waals surface area contributed by atoms with Gasteiger partial charge in [-0.2, -0.15) is 0 Å². The standard InChI is InChI=1S/C25H28N2O4S2/c1-17(2)27(25(29)23-9-6-13-32-23)15-24(28)26-12-10-22-18(11-14-33-22)19(26)16-31-21-8-5-4-7-20(21)30-3/h4-9,11,13-14,17,19H,10,12,15-16H2,1-3H3/t19-/m0/s1. The molecule has 0 spiro atoms. The van der Waals surface area contributed by atoms with Crippen LogP contribution in [0.2, 0.25) is 0 Å². The number of ether oxygens (including phenoxy) is 2. The Morgan fingerprint density at radius 3 is 2.58 bits per heavy atom. The second-order valence-electron chi connectivity index (χ2n) is 8.12. The molecule has 3 heterocycles. The smallest absolute Gasteiger partial charge is 0.264 e. The zero-order valence-electron chi connectivity index (χ0n) is 19.0. The minimum Gasteiger partial charge on any atom is -0.493 e. The molecule has 0 saturated heterocycles. The Balaban J connectivity index is 1.54. The van der Waals surface area contributed by atoms with E-state index in [-0.39, 0.29) is 30.4 Å². The van der Waals surface area contributed by atoms with Gasteiger partial charge >= 0.3 is 0 Å². The van der Waals surface area contributed by atoms with Crippen molar-refractivity contribution in [1.29, 1.82) is 0 Å². The van der Waals surface area contributed by atoms with Crippen LogP contribution in [0.25, 0.3) is 0 Å². The fourth-order valence-corrected chi connectivity index (χ4v) is 5.66. The van der Waals surface area contributed by atoms with Crippen molar-refractivity contribution < 1.29 is 19.1 Å². The van der Waals surface area contributed by atoms with Crippen molar-refractivity contribution in [2.24, 2.45) is 0 Å². The number of methoxy groups -OCH3 is 1. The first-order chi connectivity index (χ1) is 16.0.